The molecule has 0 aliphatic carbocycles. The maximum Gasteiger partial charge on any atom is 0.128 e. The third-order valence-corrected chi connectivity index (χ3v) is 3.31. The molecule has 5 nitrogen and oxygen atoms in total. The Morgan fingerprint density at radius 2 is 1.86 bits per heavy atom. The first kappa shape index (κ1) is 13.3. The van der Waals surface area contributed by atoms with Crippen molar-refractivity contribution in [3.63, 3.8) is 0 Å². The number of para-hydroxylation sites is 1. The summed E-state index contributed by atoms with van der Waals surface area (Å²) in [6.45, 7) is 0.532. The maximum atomic E-state index is 5.60. The molecular formula is C16H16N4O. The second kappa shape index (κ2) is 5.76. The van der Waals surface area contributed by atoms with Crippen molar-refractivity contribution < 1.29 is 4.74 Å². The van der Waals surface area contributed by atoms with Crippen LogP contribution in [0.25, 0.3) is 16.9 Å². The van der Waals surface area contributed by atoms with Crippen LogP contribution in [0.3, 0.4) is 0 Å². The van der Waals surface area contributed by atoms with Gasteiger partial charge in [-0.15, -0.1) is 5.10 Å². The van der Waals surface area contributed by atoms with Crippen LogP contribution in [-0.4, -0.2) is 22.1 Å². The first-order valence-corrected chi connectivity index (χ1v) is 6.67. The lowest BCUT2D eigenvalue weighted by Gasteiger charge is -2.04. The van der Waals surface area contributed by atoms with Crippen molar-refractivity contribution in [2.24, 2.45) is 5.73 Å². The molecule has 0 aliphatic rings. The average molecular weight is 280 g/mol. The second-order valence-corrected chi connectivity index (χ2v) is 4.62. The smallest absolute Gasteiger partial charge is 0.128 e. The minimum atomic E-state index is 0.532. The summed E-state index contributed by atoms with van der Waals surface area (Å²) in [6, 6.07) is 15.7. The monoisotopic (exact) mass is 280 g/mol. The van der Waals surface area contributed by atoms with Crippen molar-refractivity contribution in [2.45, 2.75) is 6.54 Å². The summed E-state index contributed by atoms with van der Waals surface area (Å²) >= 11 is 0. The predicted molar refractivity (Wildman–Crippen MR) is 81.2 cm³/mol. The molecule has 0 atom stereocenters. The molecule has 3 aromatic rings. The van der Waals surface area contributed by atoms with Gasteiger partial charge in [0.05, 0.1) is 19.0 Å². The molecule has 1 aromatic heterocycles. The number of rotatable bonds is 4. The third kappa shape index (κ3) is 2.64. The zero-order valence-electron chi connectivity index (χ0n) is 11.7. The lowest BCUT2D eigenvalue weighted by atomic mass is 10.1. The molecule has 106 valence electrons. The lowest BCUT2D eigenvalue weighted by Crippen LogP contribution is -1.98. The molecule has 2 aromatic carbocycles. The van der Waals surface area contributed by atoms with Crippen LogP contribution in [0.5, 0.6) is 5.75 Å². The van der Waals surface area contributed by atoms with Crippen molar-refractivity contribution in [2.75, 3.05) is 7.11 Å². The Balaban J connectivity index is 1.95. The highest BCUT2D eigenvalue weighted by Gasteiger charge is 2.09. The van der Waals surface area contributed by atoms with Crippen molar-refractivity contribution in [1.82, 2.24) is 15.0 Å². The predicted octanol–water partition coefficient (Wildman–Crippen LogP) is 2.40. The van der Waals surface area contributed by atoms with Gasteiger partial charge in [-0.05, 0) is 29.8 Å². The van der Waals surface area contributed by atoms with E-state index < -0.39 is 0 Å². The van der Waals surface area contributed by atoms with Crippen LogP contribution in [0.4, 0.5) is 0 Å². The number of hydrogen-bond acceptors (Lipinski definition) is 4. The van der Waals surface area contributed by atoms with Crippen LogP contribution < -0.4 is 10.5 Å². The van der Waals surface area contributed by atoms with Crippen LogP contribution in [-0.2, 0) is 6.54 Å². The molecule has 3 rings (SSSR count). The molecule has 0 fully saturated rings. The Labute approximate surface area is 123 Å². The highest BCUT2D eigenvalue weighted by Crippen LogP contribution is 2.27. The van der Waals surface area contributed by atoms with Gasteiger partial charge in [0.2, 0.25) is 0 Å². The second-order valence-electron chi connectivity index (χ2n) is 4.62. The van der Waals surface area contributed by atoms with E-state index in [9.17, 15) is 0 Å². The number of benzene rings is 2. The van der Waals surface area contributed by atoms with Crippen LogP contribution >= 0.6 is 0 Å². The topological polar surface area (TPSA) is 66.0 Å². The first-order valence-electron chi connectivity index (χ1n) is 6.67. The van der Waals surface area contributed by atoms with E-state index in [-0.39, 0.29) is 0 Å². The van der Waals surface area contributed by atoms with Crippen molar-refractivity contribution >= 4 is 0 Å². The zero-order valence-corrected chi connectivity index (χ0v) is 11.7. The fraction of sp³-hybridized carbons (Fsp3) is 0.125. The maximum absolute atomic E-state index is 5.60. The van der Waals surface area contributed by atoms with E-state index in [1.165, 1.54) is 0 Å². The Morgan fingerprint density at radius 3 is 2.57 bits per heavy atom. The van der Waals surface area contributed by atoms with Crippen molar-refractivity contribution in [1.29, 1.82) is 0 Å². The Kier molecular flexibility index (Phi) is 3.66. The quantitative estimate of drug-likeness (QED) is 0.797. The fourth-order valence-electron chi connectivity index (χ4n) is 2.15. The van der Waals surface area contributed by atoms with Crippen LogP contribution in [0.15, 0.2) is 54.7 Å². The molecule has 0 saturated heterocycles. The van der Waals surface area contributed by atoms with Gasteiger partial charge in [-0.3, -0.25) is 0 Å². The standard InChI is InChI=1S/C16H16N4O/c1-21-16-5-3-2-4-14(16)15-11-20(19-18-15)13-8-6-12(10-17)7-9-13/h2-9,11H,10,17H2,1H3. The van der Waals surface area contributed by atoms with Crippen LogP contribution in [0, 0.1) is 0 Å². The van der Waals surface area contributed by atoms with E-state index in [2.05, 4.69) is 10.3 Å². The molecule has 0 aliphatic heterocycles. The van der Waals surface area contributed by atoms with E-state index in [0.717, 1.165) is 28.3 Å². The van der Waals surface area contributed by atoms with Gasteiger partial charge in [0.1, 0.15) is 11.4 Å². The van der Waals surface area contributed by atoms with Crippen molar-refractivity contribution in [3.05, 3.63) is 60.3 Å². The fourth-order valence-corrected chi connectivity index (χ4v) is 2.15. The Hall–Kier alpha value is -2.66. The largest absolute Gasteiger partial charge is 0.496 e. The van der Waals surface area contributed by atoms with Gasteiger partial charge in [-0.2, -0.15) is 0 Å². The molecular weight excluding hydrogens is 264 g/mol. The molecule has 0 spiro atoms. The van der Waals surface area contributed by atoms with Gasteiger partial charge in [-0.1, -0.05) is 29.5 Å². The van der Waals surface area contributed by atoms with E-state index in [1.54, 1.807) is 11.8 Å². The SMILES string of the molecule is COc1ccccc1-c1cn(-c2ccc(CN)cc2)nn1. The molecule has 1 heterocycles. The Morgan fingerprint density at radius 1 is 1.10 bits per heavy atom. The van der Waals surface area contributed by atoms with Crippen LogP contribution in [0.1, 0.15) is 5.56 Å². The molecule has 0 radical (unpaired) electrons. The van der Waals surface area contributed by atoms with E-state index in [0.29, 0.717) is 6.54 Å². The lowest BCUT2D eigenvalue weighted by molar-refractivity contribution is 0.416. The molecule has 0 saturated carbocycles. The number of methoxy groups -OCH3 is 1. The minimum absolute atomic E-state index is 0.532. The summed E-state index contributed by atoms with van der Waals surface area (Å²) in [4.78, 5) is 0. The first-order chi connectivity index (χ1) is 10.3. The van der Waals surface area contributed by atoms with E-state index in [1.807, 2.05) is 54.7 Å². The van der Waals surface area contributed by atoms with Gasteiger partial charge < -0.3 is 10.5 Å². The average Bonchev–Trinajstić information content (AvgIpc) is 3.04. The molecule has 21 heavy (non-hydrogen) atoms. The number of nitrogens with zero attached hydrogens (tertiary/aromatic N) is 3. The molecule has 0 unspecified atom stereocenters. The summed E-state index contributed by atoms with van der Waals surface area (Å²) < 4.78 is 7.09. The normalized spacial score (nSPS) is 10.6. The van der Waals surface area contributed by atoms with Gasteiger partial charge in [0.25, 0.3) is 0 Å². The van der Waals surface area contributed by atoms with Gasteiger partial charge in [-0.25, -0.2) is 4.68 Å². The number of aromatic nitrogens is 3. The summed E-state index contributed by atoms with van der Waals surface area (Å²) in [7, 11) is 1.65. The van der Waals surface area contributed by atoms with E-state index in [4.69, 9.17) is 10.5 Å². The van der Waals surface area contributed by atoms with Gasteiger partial charge in [0.15, 0.2) is 0 Å². The molecule has 0 amide bonds. The van der Waals surface area contributed by atoms with E-state index >= 15 is 0 Å². The van der Waals surface area contributed by atoms with Crippen LogP contribution in [0.2, 0.25) is 0 Å². The molecule has 5 heteroatoms. The molecule has 2 N–H and O–H groups in total. The summed E-state index contributed by atoms with van der Waals surface area (Å²) in [5.41, 5.74) is 9.33. The summed E-state index contributed by atoms with van der Waals surface area (Å²) in [5, 5.41) is 8.40. The summed E-state index contributed by atoms with van der Waals surface area (Å²) in [5.74, 6) is 0.781. The number of nitrogens with two attached hydrogens (primary N) is 1. The van der Waals surface area contributed by atoms with Crippen molar-refractivity contribution in [3.8, 4) is 22.7 Å². The highest BCUT2D eigenvalue weighted by molar-refractivity contribution is 5.66. The number of hydrogen-bond donors (Lipinski definition) is 1. The number of ether oxygens (including phenoxy) is 1. The van der Waals surface area contributed by atoms with Gasteiger partial charge in [0, 0.05) is 12.1 Å². The highest BCUT2D eigenvalue weighted by atomic mass is 16.5. The zero-order chi connectivity index (χ0) is 14.7. The minimum Gasteiger partial charge on any atom is -0.496 e. The third-order valence-electron chi connectivity index (χ3n) is 3.31. The molecule has 0 bridgehead atoms. The summed E-state index contributed by atoms with van der Waals surface area (Å²) in [6.07, 6.45) is 1.88. The van der Waals surface area contributed by atoms with Gasteiger partial charge >= 0.3 is 0 Å². The Bertz CT molecular complexity index is 734.